The van der Waals surface area contributed by atoms with Crippen molar-refractivity contribution in [1.82, 2.24) is 14.1 Å². The quantitative estimate of drug-likeness (QED) is 0.613. The van der Waals surface area contributed by atoms with Crippen LogP contribution in [0.1, 0.15) is 73.1 Å². The monoisotopic (exact) mass is 430 g/mol. The van der Waals surface area contributed by atoms with Crippen LogP contribution in [-0.4, -0.2) is 26.1 Å². The number of aromatic nitrogens is 3. The lowest BCUT2D eigenvalue weighted by Crippen LogP contribution is -2.30. The minimum absolute atomic E-state index is 0.00174. The SMILES string of the molecule is Cc1ccn(C(=O)c2ccc3c(=O)n4c(nc3c2)CCCCC4)c(=NC2CCCCC2)c1. The van der Waals surface area contributed by atoms with Crippen molar-refractivity contribution in [1.29, 1.82) is 0 Å². The first-order valence-corrected chi connectivity index (χ1v) is 11.9. The van der Waals surface area contributed by atoms with Crippen LogP contribution in [0.4, 0.5) is 0 Å². The molecule has 0 amide bonds. The predicted molar refractivity (Wildman–Crippen MR) is 125 cm³/mol. The molecule has 32 heavy (non-hydrogen) atoms. The van der Waals surface area contributed by atoms with E-state index in [-0.39, 0.29) is 17.5 Å². The average molecular weight is 431 g/mol. The summed E-state index contributed by atoms with van der Waals surface area (Å²) in [6.07, 6.45) is 11.6. The Morgan fingerprint density at radius 3 is 2.69 bits per heavy atom. The maximum Gasteiger partial charge on any atom is 0.263 e. The number of hydrogen-bond acceptors (Lipinski definition) is 4. The third-order valence-electron chi connectivity index (χ3n) is 6.76. The van der Waals surface area contributed by atoms with Gasteiger partial charge in [-0.05, 0) is 68.5 Å². The number of fused-ring (bicyclic) bond motifs is 2. The molecule has 5 rings (SSSR count). The molecule has 1 aromatic carbocycles. The van der Waals surface area contributed by atoms with Crippen molar-refractivity contribution in [3.05, 3.63) is 69.3 Å². The first-order valence-electron chi connectivity index (χ1n) is 11.9. The second-order valence-corrected chi connectivity index (χ2v) is 9.19. The number of carbonyl (C=O) groups excluding carboxylic acids is 1. The molecule has 1 fully saturated rings. The highest BCUT2D eigenvalue weighted by atomic mass is 16.2. The largest absolute Gasteiger partial charge is 0.296 e. The van der Waals surface area contributed by atoms with E-state index in [4.69, 9.17) is 9.98 Å². The van der Waals surface area contributed by atoms with Crippen LogP contribution in [0.2, 0.25) is 0 Å². The van der Waals surface area contributed by atoms with Gasteiger partial charge in [0.1, 0.15) is 11.3 Å². The van der Waals surface area contributed by atoms with Gasteiger partial charge in [0.15, 0.2) is 0 Å². The van der Waals surface area contributed by atoms with E-state index in [1.54, 1.807) is 22.8 Å². The number of hydrogen-bond donors (Lipinski definition) is 0. The third-order valence-corrected chi connectivity index (χ3v) is 6.76. The van der Waals surface area contributed by atoms with Crippen molar-refractivity contribution < 1.29 is 4.79 Å². The second kappa shape index (κ2) is 8.85. The molecule has 0 atom stereocenters. The molecule has 0 unspecified atom stereocenters. The Morgan fingerprint density at radius 2 is 1.84 bits per heavy atom. The van der Waals surface area contributed by atoms with Gasteiger partial charge in [-0.15, -0.1) is 0 Å². The van der Waals surface area contributed by atoms with Crippen LogP contribution in [0.5, 0.6) is 0 Å². The highest BCUT2D eigenvalue weighted by Gasteiger charge is 2.17. The van der Waals surface area contributed by atoms with E-state index in [0.29, 0.717) is 22.0 Å². The summed E-state index contributed by atoms with van der Waals surface area (Å²) in [5, 5.41) is 0.577. The first-order chi connectivity index (χ1) is 15.6. The summed E-state index contributed by atoms with van der Waals surface area (Å²) >= 11 is 0. The van der Waals surface area contributed by atoms with Crippen molar-refractivity contribution in [3.63, 3.8) is 0 Å². The normalized spacial score (nSPS) is 17.8. The molecule has 3 heterocycles. The van der Waals surface area contributed by atoms with Crippen molar-refractivity contribution in [3.8, 4) is 0 Å². The Bertz CT molecular complexity index is 1300. The van der Waals surface area contributed by atoms with Crippen LogP contribution in [-0.2, 0) is 13.0 Å². The lowest BCUT2D eigenvalue weighted by molar-refractivity contribution is 0.0954. The van der Waals surface area contributed by atoms with E-state index in [2.05, 4.69) is 0 Å². The summed E-state index contributed by atoms with van der Waals surface area (Å²) < 4.78 is 3.45. The Kier molecular flexibility index (Phi) is 5.77. The molecule has 6 nitrogen and oxygen atoms in total. The van der Waals surface area contributed by atoms with Crippen LogP contribution in [0.15, 0.2) is 46.3 Å². The van der Waals surface area contributed by atoms with Gasteiger partial charge in [-0.2, -0.15) is 0 Å². The molecule has 2 aliphatic rings. The first kappa shape index (κ1) is 20.9. The number of benzene rings is 1. The molecular formula is C26H30N4O2. The van der Waals surface area contributed by atoms with E-state index in [9.17, 15) is 9.59 Å². The minimum Gasteiger partial charge on any atom is -0.296 e. The molecule has 0 N–H and O–H groups in total. The summed E-state index contributed by atoms with van der Waals surface area (Å²) in [5.41, 5.74) is 2.92. The molecule has 1 aliphatic heterocycles. The van der Waals surface area contributed by atoms with Crippen LogP contribution in [0.25, 0.3) is 10.9 Å². The fourth-order valence-corrected chi connectivity index (χ4v) is 4.95. The zero-order valence-electron chi connectivity index (χ0n) is 18.7. The molecule has 0 bridgehead atoms. The summed E-state index contributed by atoms with van der Waals surface area (Å²) in [4.78, 5) is 36.2. The van der Waals surface area contributed by atoms with E-state index >= 15 is 0 Å². The number of carbonyl (C=O) groups is 1. The van der Waals surface area contributed by atoms with Crippen LogP contribution < -0.4 is 11.0 Å². The van der Waals surface area contributed by atoms with Gasteiger partial charge in [-0.1, -0.05) is 25.7 Å². The van der Waals surface area contributed by atoms with E-state index < -0.39 is 0 Å². The number of rotatable bonds is 2. The van der Waals surface area contributed by atoms with Gasteiger partial charge >= 0.3 is 0 Å². The smallest absolute Gasteiger partial charge is 0.263 e. The maximum absolute atomic E-state index is 13.5. The maximum atomic E-state index is 13.5. The second-order valence-electron chi connectivity index (χ2n) is 9.19. The Balaban J connectivity index is 1.57. The fraction of sp³-hybridized carbons (Fsp3) is 0.462. The molecule has 0 spiro atoms. The van der Waals surface area contributed by atoms with Gasteiger partial charge in [0.25, 0.3) is 11.5 Å². The summed E-state index contributed by atoms with van der Waals surface area (Å²) in [6.45, 7) is 2.75. The van der Waals surface area contributed by atoms with E-state index in [0.717, 1.165) is 56.5 Å². The summed E-state index contributed by atoms with van der Waals surface area (Å²) in [5.74, 6) is 0.693. The van der Waals surface area contributed by atoms with Crippen LogP contribution >= 0.6 is 0 Å². The van der Waals surface area contributed by atoms with Gasteiger partial charge in [0.2, 0.25) is 0 Å². The Labute approximate surface area is 187 Å². The summed E-state index contributed by atoms with van der Waals surface area (Å²) in [7, 11) is 0. The van der Waals surface area contributed by atoms with Crippen LogP contribution in [0.3, 0.4) is 0 Å². The average Bonchev–Trinajstić information content (AvgIpc) is 3.05. The van der Waals surface area contributed by atoms with Crippen molar-refractivity contribution in [2.45, 2.75) is 77.3 Å². The summed E-state index contributed by atoms with van der Waals surface area (Å²) in [6, 6.07) is 9.46. The topological polar surface area (TPSA) is 69.2 Å². The van der Waals surface area contributed by atoms with Crippen LogP contribution in [0, 0.1) is 6.92 Å². The lowest BCUT2D eigenvalue weighted by Gasteiger charge is -2.18. The fourth-order valence-electron chi connectivity index (χ4n) is 4.95. The number of pyridine rings is 1. The molecule has 3 aromatic rings. The van der Waals surface area contributed by atoms with Gasteiger partial charge < -0.3 is 0 Å². The highest BCUT2D eigenvalue weighted by Crippen LogP contribution is 2.20. The molecule has 0 saturated heterocycles. The molecule has 2 aromatic heterocycles. The molecule has 1 aliphatic carbocycles. The lowest BCUT2D eigenvalue weighted by atomic mass is 9.96. The predicted octanol–water partition coefficient (Wildman–Crippen LogP) is 4.15. The van der Waals surface area contributed by atoms with Crippen molar-refractivity contribution in [2.75, 3.05) is 0 Å². The van der Waals surface area contributed by atoms with E-state index in [1.807, 2.05) is 29.8 Å². The van der Waals surface area contributed by atoms with E-state index in [1.165, 1.54) is 19.3 Å². The van der Waals surface area contributed by atoms with Gasteiger partial charge in [0.05, 0.1) is 16.9 Å². The van der Waals surface area contributed by atoms with Gasteiger partial charge in [0, 0.05) is 24.7 Å². The molecule has 0 radical (unpaired) electrons. The van der Waals surface area contributed by atoms with Gasteiger partial charge in [-0.3, -0.25) is 23.7 Å². The molecular weight excluding hydrogens is 400 g/mol. The minimum atomic E-state index is -0.140. The standard InChI is InChI=1S/C26H30N4O2/c1-18-13-15-30(24(16-18)27-20-8-4-2-5-9-20)25(31)19-11-12-21-22(17-19)28-23-10-6-3-7-14-29(23)26(21)32/h11-13,15-17,20H,2-10,14H2,1H3. The number of nitrogens with zero attached hydrogens (tertiary/aromatic N) is 4. The van der Waals surface area contributed by atoms with Crippen molar-refractivity contribution in [2.24, 2.45) is 4.99 Å². The van der Waals surface area contributed by atoms with Crippen molar-refractivity contribution >= 4 is 16.8 Å². The number of aryl methyl sites for hydroxylation is 2. The third kappa shape index (κ3) is 4.06. The molecule has 1 saturated carbocycles. The zero-order chi connectivity index (χ0) is 22.1. The molecule has 166 valence electrons. The van der Waals surface area contributed by atoms with Gasteiger partial charge in [-0.25, -0.2) is 4.98 Å². The Morgan fingerprint density at radius 1 is 1.03 bits per heavy atom. The Hall–Kier alpha value is -3.02. The molecule has 6 heteroatoms. The zero-order valence-corrected chi connectivity index (χ0v) is 18.7. The highest BCUT2D eigenvalue weighted by molar-refractivity contribution is 5.98.